The molecule has 2 N–H and O–H groups in total. The summed E-state index contributed by atoms with van der Waals surface area (Å²) in [4.78, 5) is 23.5. The second-order valence-electron chi connectivity index (χ2n) is 5.02. The average molecular weight is 368 g/mol. The molecule has 0 heterocycles. The fourth-order valence-electron chi connectivity index (χ4n) is 2.07. The molecular formula is C17H15F3N2O4. The Labute approximate surface area is 146 Å². The van der Waals surface area contributed by atoms with Crippen LogP contribution in [-0.2, 0) is 4.79 Å². The topological polar surface area (TPSA) is 76.7 Å². The zero-order chi connectivity index (χ0) is 19.3. The van der Waals surface area contributed by atoms with Crippen molar-refractivity contribution in [2.45, 2.75) is 6.18 Å². The van der Waals surface area contributed by atoms with Crippen molar-refractivity contribution in [1.29, 1.82) is 0 Å². The number of ether oxygens (including phenoxy) is 2. The maximum atomic E-state index is 12.4. The maximum absolute atomic E-state index is 12.4. The van der Waals surface area contributed by atoms with E-state index in [1.165, 1.54) is 56.7 Å². The van der Waals surface area contributed by atoms with Crippen molar-refractivity contribution >= 4 is 23.2 Å². The lowest BCUT2D eigenvalue weighted by atomic mass is 10.1. The third-order valence-corrected chi connectivity index (χ3v) is 3.33. The molecule has 0 radical (unpaired) electrons. The molecule has 0 saturated heterocycles. The normalized spacial score (nSPS) is 10.8. The van der Waals surface area contributed by atoms with Crippen molar-refractivity contribution in [1.82, 2.24) is 0 Å². The van der Waals surface area contributed by atoms with E-state index in [4.69, 9.17) is 9.47 Å². The summed E-state index contributed by atoms with van der Waals surface area (Å²) in [6.07, 6.45) is -5.04. The van der Waals surface area contributed by atoms with Gasteiger partial charge in [0.15, 0.2) is 11.5 Å². The molecule has 0 bridgehead atoms. The number of alkyl halides is 3. The van der Waals surface area contributed by atoms with Gasteiger partial charge >= 0.3 is 12.1 Å². The number of carbonyl (C=O) groups excluding carboxylic acids is 2. The van der Waals surface area contributed by atoms with Crippen LogP contribution in [0.5, 0.6) is 11.5 Å². The Morgan fingerprint density at radius 3 is 2.00 bits per heavy atom. The Hall–Kier alpha value is -3.23. The number of methoxy groups -OCH3 is 2. The van der Waals surface area contributed by atoms with E-state index in [9.17, 15) is 22.8 Å². The summed E-state index contributed by atoms with van der Waals surface area (Å²) in [5.41, 5.74) is 0.0353. The van der Waals surface area contributed by atoms with E-state index < -0.39 is 18.0 Å². The highest BCUT2D eigenvalue weighted by Crippen LogP contribution is 2.29. The summed E-state index contributed by atoms with van der Waals surface area (Å²) < 4.78 is 47.4. The van der Waals surface area contributed by atoms with Crippen LogP contribution in [0.25, 0.3) is 0 Å². The molecule has 0 aliphatic carbocycles. The molecule has 2 rings (SSSR count). The third-order valence-electron chi connectivity index (χ3n) is 3.33. The summed E-state index contributed by atoms with van der Waals surface area (Å²) in [5.74, 6) is -1.99. The highest BCUT2D eigenvalue weighted by Gasteiger charge is 2.39. The van der Waals surface area contributed by atoms with Gasteiger partial charge in [0.25, 0.3) is 5.91 Å². The second kappa shape index (κ2) is 7.77. The molecule has 0 aliphatic rings. The van der Waals surface area contributed by atoms with Crippen LogP contribution in [0.1, 0.15) is 10.4 Å². The van der Waals surface area contributed by atoms with Crippen molar-refractivity contribution in [3.8, 4) is 11.5 Å². The molecule has 0 fully saturated rings. The molecule has 0 saturated carbocycles. The third kappa shape index (κ3) is 4.44. The molecule has 138 valence electrons. The zero-order valence-corrected chi connectivity index (χ0v) is 13.8. The van der Waals surface area contributed by atoms with Crippen LogP contribution < -0.4 is 20.1 Å². The number of anilines is 2. The van der Waals surface area contributed by atoms with Gasteiger partial charge in [0.05, 0.1) is 25.6 Å². The van der Waals surface area contributed by atoms with Gasteiger partial charge in [-0.3, -0.25) is 9.59 Å². The summed E-state index contributed by atoms with van der Waals surface area (Å²) in [6.45, 7) is 0. The minimum absolute atomic E-state index is 0.0184. The van der Waals surface area contributed by atoms with Gasteiger partial charge in [-0.05, 0) is 30.3 Å². The Bertz CT molecular complexity index is 822. The quantitative estimate of drug-likeness (QED) is 0.848. The van der Waals surface area contributed by atoms with Gasteiger partial charge in [-0.25, -0.2) is 0 Å². The molecule has 0 unspecified atom stereocenters. The molecule has 2 amide bonds. The largest absolute Gasteiger partial charge is 0.493 e. The standard InChI is InChI=1S/C17H15F3N2O4/c1-25-13-8-7-10(9-14(13)26-2)15(23)21-11-5-3-4-6-12(11)22-16(24)17(18,19)20/h3-9H,1-2H3,(H,21,23)(H,22,24). The first-order chi connectivity index (χ1) is 12.3. The van der Waals surface area contributed by atoms with Gasteiger partial charge in [-0.2, -0.15) is 13.2 Å². The number of rotatable bonds is 5. The number of hydrogen-bond donors (Lipinski definition) is 2. The lowest BCUT2D eigenvalue weighted by molar-refractivity contribution is -0.167. The number of benzene rings is 2. The molecule has 9 heteroatoms. The van der Waals surface area contributed by atoms with Gasteiger partial charge in [-0.15, -0.1) is 0 Å². The van der Waals surface area contributed by atoms with Crippen LogP contribution in [0, 0.1) is 0 Å². The van der Waals surface area contributed by atoms with Crippen LogP contribution >= 0.6 is 0 Å². The van der Waals surface area contributed by atoms with Gasteiger partial charge in [0, 0.05) is 5.56 Å². The number of hydrogen-bond acceptors (Lipinski definition) is 4. The van der Waals surface area contributed by atoms with E-state index >= 15 is 0 Å². The molecular weight excluding hydrogens is 353 g/mol. The highest BCUT2D eigenvalue weighted by molar-refractivity contribution is 6.08. The van der Waals surface area contributed by atoms with Crippen molar-refractivity contribution in [3.63, 3.8) is 0 Å². The SMILES string of the molecule is COc1ccc(C(=O)Nc2ccccc2NC(=O)C(F)(F)F)cc1OC. The molecule has 26 heavy (non-hydrogen) atoms. The van der Waals surface area contributed by atoms with Crippen molar-refractivity contribution < 1.29 is 32.2 Å². The van der Waals surface area contributed by atoms with E-state index in [1.54, 1.807) is 5.32 Å². The van der Waals surface area contributed by atoms with Crippen LogP contribution in [0.2, 0.25) is 0 Å². The van der Waals surface area contributed by atoms with E-state index in [1.807, 2.05) is 0 Å². The molecule has 2 aromatic carbocycles. The predicted octanol–water partition coefficient (Wildman–Crippen LogP) is 3.46. The van der Waals surface area contributed by atoms with E-state index in [0.29, 0.717) is 11.5 Å². The Morgan fingerprint density at radius 1 is 0.885 bits per heavy atom. The first kappa shape index (κ1) is 19.1. The minimum atomic E-state index is -5.04. The molecule has 6 nitrogen and oxygen atoms in total. The Kier molecular flexibility index (Phi) is 5.71. The second-order valence-corrected chi connectivity index (χ2v) is 5.02. The molecule has 0 atom stereocenters. The predicted molar refractivity (Wildman–Crippen MR) is 88.6 cm³/mol. The average Bonchev–Trinajstić information content (AvgIpc) is 2.61. The Balaban J connectivity index is 2.23. The van der Waals surface area contributed by atoms with Crippen LogP contribution in [0.15, 0.2) is 42.5 Å². The number of amides is 2. The molecule has 2 aromatic rings. The van der Waals surface area contributed by atoms with Gasteiger partial charge in [-0.1, -0.05) is 12.1 Å². The first-order valence-corrected chi connectivity index (χ1v) is 7.27. The summed E-state index contributed by atoms with van der Waals surface area (Å²) in [7, 11) is 2.85. The number of halogens is 3. The lowest BCUT2D eigenvalue weighted by Crippen LogP contribution is -2.30. The fraction of sp³-hybridized carbons (Fsp3) is 0.176. The van der Waals surface area contributed by atoms with Crippen LogP contribution in [0.4, 0.5) is 24.5 Å². The van der Waals surface area contributed by atoms with Crippen molar-refractivity contribution in [2.24, 2.45) is 0 Å². The highest BCUT2D eigenvalue weighted by atomic mass is 19.4. The minimum Gasteiger partial charge on any atom is -0.493 e. The zero-order valence-electron chi connectivity index (χ0n) is 13.8. The number of nitrogens with one attached hydrogen (secondary N) is 2. The molecule has 0 aliphatic heterocycles. The van der Waals surface area contributed by atoms with E-state index in [0.717, 1.165) is 0 Å². The number of para-hydroxylation sites is 2. The smallest absolute Gasteiger partial charge is 0.471 e. The van der Waals surface area contributed by atoms with Crippen LogP contribution in [0.3, 0.4) is 0 Å². The van der Waals surface area contributed by atoms with Crippen LogP contribution in [-0.4, -0.2) is 32.2 Å². The maximum Gasteiger partial charge on any atom is 0.471 e. The van der Waals surface area contributed by atoms with Gasteiger partial charge in [0.1, 0.15) is 0 Å². The summed E-state index contributed by atoms with van der Waals surface area (Å²) >= 11 is 0. The van der Waals surface area contributed by atoms with Gasteiger partial charge in [0.2, 0.25) is 0 Å². The Morgan fingerprint density at radius 2 is 1.46 bits per heavy atom. The summed E-state index contributed by atoms with van der Waals surface area (Å²) in [5, 5.41) is 4.18. The molecule has 0 spiro atoms. The lowest BCUT2D eigenvalue weighted by Gasteiger charge is -2.14. The van der Waals surface area contributed by atoms with E-state index in [-0.39, 0.29) is 16.9 Å². The molecule has 0 aromatic heterocycles. The summed E-state index contributed by atoms with van der Waals surface area (Å²) in [6, 6.07) is 9.95. The number of carbonyl (C=O) groups is 2. The van der Waals surface area contributed by atoms with E-state index in [2.05, 4.69) is 5.32 Å². The monoisotopic (exact) mass is 368 g/mol. The fourth-order valence-corrected chi connectivity index (χ4v) is 2.07. The van der Waals surface area contributed by atoms with Gasteiger partial charge < -0.3 is 20.1 Å². The van der Waals surface area contributed by atoms with Crippen molar-refractivity contribution in [3.05, 3.63) is 48.0 Å². The van der Waals surface area contributed by atoms with Crippen molar-refractivity contribution in [2.75, 3.05) is 24.9 Å². The first-order valence-electron chi connectivity index (χ1n) is 7.27.